The number of aromatic nitrogens is 1. The van der Waals surface area contributed by atoms with Gasteiger partial charge in [-0.25, -0.2) is 9.37 Å². The lowest BCUT2D eigenvalue weighted by Gasteiger charge is -2.20. The lowest BCUT2D eigenvalue weighted by atomic mass is 10.2. The fourth-order valence-corrected chi connectivity index (χ4v) is 3.84. The first-order chi connectivity index (χ1) is 14.2. The number of benzene rings is 3. The number of fused-ring (bicyclic) bond motifs is 1. The number of ether oxygens (including phenoxy) is 2. The average molecular weight is 408 g/mol. The number of carbonyl (C=O) groups excluding carboxylic acids is 1. The Labute approximate surface area is 170 Å². The van der Waals surface area contributed by atoms with E-state index in [-0.39, 0.29) is 18.3 Å². The molecule has 146 valence electrons. The van der Waals surface area contributed by atoms with Gasteiger partial charge in [-0.05, 0) is 36.4 Å². The molecule has 0 saturated heterocycles. The number of methoxy groups -OCH3 is 1. The fourth-order valence-electron chi connectivity index (χ4n) is 2.83. The molecule has 0 fully saturated rings. The van der Waals surface area contributed by atoms with Crippen molar-refractivity contribution in [3.8, 4) is 11.5 Å². The topological polar surface area (TPSA) is 51.7 Å². The van der Waals surface area contributed by atoms with Crippen LogP contribution in [0.4, 0.5) is 15.2 Å². The van der Waals surface area contributed by atoms with E-state index in [0.717, 1.165) is 10.2 Å². The first kappa shape index (κ1) is 18.9. The lowest BCUT2D eigenvalue weighted by molar-refractivity contribution is -0.119. The van der Waals surface area contributed by atoms with Gasteiger partial charge >= 0.3 is 0 Å². The van der Waals surface area contributed by atoms with Crippen molar-refractivity contribution < 1.29 is 18.7 Å². The molecule has 0 aliphatic heterocycles. The van der Waals surface area contributed by atoms with Gasteiger partial charge in [0.15, 0.2) is 23.3 Å². The number of nitrogens with zero attached hydrogens (tertiary/aromatic N) is 2. The van der Waals surface area contributed by atoms with Crippen LogP contribution in [0.15, 0.2) is 72.8 Å². The van der Waals surface area contributed by atoms with E-state index < -0.39 is 5.82 Å². The highest BCUT2D eigenvalue weighted by molar-refractivity contribution is 7.22. The second-order valence-electron chi connectivity index (χ2n) is 6.11. The highest BCUT2D eigenvalue weighted by Crippen LogP contribution is 2.34. The first-order valence-electron chi connectivity index (χ1n) is 8.85. The van der Waals surface area contributed by atoms with E-state index in [9.17, 15) is 9.18 Å². The number of thiazole rings is 1. The number of amides is 1. The van der Waals surface area contributed by atoms with E-state index in [1.807, 2.05) is 24.3 Å². The maximum atomic E-state index is 13.8. The smallest absolute Gasteiger partial charge is 0.271 e. The van der Waals surface area contributed by atoms with E-state index in [0.29, 0.717) is 16.6 Å². The predicted molar refractivity (Wildman–Crippen MR) is 112 cm³/mol. The maximum absolute atomic E-state index is 13.8. The summed E-state index contributed by atoms with van der Waals surface area (Å²) in [5.74, 6) is -0.263. The van der Waals surface area contributed by atoms with Crippen LogP contribution in [0.1, 0.15) is 0 Å². The molecule has 4 rings (SSSR count). The summed E-state index contributed by atoms with van der Waals surface area (Å²) in [6.45, 7) is -0.339. The number of anilines is 2. The minimum Gasteiger partial charge on any atom is -0.497 e. The molecule has 29 heavy (non-hydrogen) atoms. The zero-order valence-corrected chi connectivity index (χ0v) is 16.4. The van der Waals surface area contributed by atoms with Gasteiger partial charge in [0, 0.05) is 6.07 Å². The van der Waals surface area contributed by atoms with Gasteiger partial charge in [0.2, 0.25) is 0 Å². The molecule has 0 saturated carbocycles. The molecule has 1 amide bonds. The van der Waals surface area contributed by atoms with Crippen molar-refractivity contribution in [3.05, 3.63) is 78.6 Å². The summed E-state index contributed by atoms with van der Waals surface area (Å²) in [6, 6.07) is 20.7. The van der Waals surface area contributed by atoms with Gasteiger partial charge in [-0.3, -0.25) is 9.69 Å². The summed E-state index contributed by atoms with van der Waals surface area (Å²) in [5.41, 5.74) is 1.38. The van der Waals surface area contributed by atoms with Crippen molar-refractivity contribution >= 4 is 38.3 Å². The highest BCUT2D eigenvalue weighted by atomic mass is 32.1. The van der Waals surface area contributed by atoms with Crippen LogP contribution in [0.25, 0.3) is 10.2 Å². The molecule has 7 heteroatoms. The zero-order chi connectivity index (χ0) is 20.2. The Morgan fingerprint density at radius 1 is 1.07 bits per heavy atom. The van der Waals surface area contributed by atoms with Gasteiger partial charge in [0.25, 0.3) is 5.91 Å². The second kappa shape index (κ2) is 8.28. The molecular formula is C22H17FN2O3S. The minimum atomic E-state index is -0.520. The summed E-state index contributed by atoms with van der Waals surface area (Å²) >= 11 is 1.39. The number of hydrogen-bond acceptors (Lipinski definition) is 5. The number of rotatable bonds is 6. The Hall–Kier alpha value is -3.45. The van der Waals surface area contributed by atoms with Gasteiger partial charge in [-0.15, -0.1) is 0 Å². The van der Waals surface area contributed by atoms with Crippen LogP contribution in [0.3, 0.4) is 0 Å². The first-order valence-corrected chi connectivity index (χ1v) is 9.67. The molecule has 5 nitrogen and oxygen atoms in total. The summed E-state index contributed by atoms with van der Waals surface area (Å²) in [7, 11) is 1.56. The van der Waals surface area contributed by atoms with Crippen LogP contribution in [-0.4, -0.2) is 24.6 Å². The summed E-state index contributed by atoms with van der Waals surface area (Å²) in [4.78, 5) is 19.2. The molecule has 0 aliphatic rings. The van der Waals surface area contributed by atoms with Crippen LogP contribution >= 0.6 is 11.3 Å². The average Bonchev–Trinajstić information content (AvgIpc) is 3.17. The van der Waals surface area contributed by atoms with Crippen LogP contribution in [-0.2, 0) is 4.79 Å². The Morgan fingerprint density at radius 2 is 1.86 bits per heavy atom. The summed E-state index contributed by atoms with van der Waals surface area (Å²) in [5, 5.41) is 0.501. The number of carbonyl (C=O) groups is 1. The Morgan fingerprint density at radius 3 is 2.66 bits per heavy atom. The minimum absolute atomic E-state index is 0.0238. The molecular weight excluding hydrogens is 391 g/mol. The van der Waals surface area contributed by atoms with Crippen molar-refractivity contribution in [1.29, 1.82) is 0 Å². The third-order valence-corrected chi connectivity index (χ3v) is 5.24. The number of para-hydroxylation sites is 2. The molecule has 0 bridgehead atoms. The molecule has 3 aromatic carbocycles. The Balaban J connectivity index is 1.69. The standard InChI is InChI=1S/C22H17FN2O3S/c1-27-16-8-6-7-15(13-16)25(22-24-18-10-3-5-12-20(18)29-22)21(26)14-28-19-11-4-2-9-17(19)23/h2-13H,14H2,1H3. The normalized spacial score (nSPS) is 10.7. The van der Waals surface area contributed by atoms with Crippen molar-refractivity contribution in [2.24, 2.45) is 0 Å². The molecule has 1 heterocycles. The summed E-state index contributed by atoms with van der Waals surface area (Å²) < 4.78 is 25.5. The fraction of sp³-hybridized carbons (Fsp3) is 0.0909. The molecule has 0 unspecified atom stereocenters. The lowest BCUT2D eigenvalue weighted by Crippen LogP contribution is -2.31. The number of hydrogen-bond donors (Lipinski definition) is 0. The van der Waals surface area contributed by atoms with Gasteiger partial charge in [-0.2, -0.15) is 0 Å². The monoisotopic (exact) mass is 408 g/mol. The molecule has 0 radical (unpaired) electrons. The Kier molecular flexibility index (Phi) is 5.39. The quantitative estimate of drug-likeness (QED) is 0.441. The largest absolute Gasteiger partial charge is 0.497 e. The maximum Gasteiger partial charge on any atom is 0.271 e. The van der Waals surface area contributed by atoms with Crippen LogP contribution in [0.5, 0.6) is 11.5 Å². The van der Waals surface area contributed by atoms with Crippen molar-refractivity contribution in [3.63, 3.8) is 0 Å². The molecule has 1 aromatic heterocycles. The second-order valence-corrected chi connectivity index (χ2v) is 7.12. The van der Waals surface area contributed by atoms with Gasteiger partial charge in [0.1, 0.15) is 5.75 Å². The third-order valence-electron chi connectivity index (χ3n) is 4.22. The molecule has 0 N–H and O–H groups in total. The van der Waals surface area contributed by atoms with E-state index in [4.69, 9.17) is 9.47 Å². The number of halogens is 1. The van der Waals surface area contributed by atoms with E-state index >= 15 is 0 Å². The molecule has 4 aromatic rings. The Bertz CT molecular complexity index is 1130. The zero-order valence-electron chi connectivity index (χ0n) is 15.5. The SMILES string of the molecule is COc1cccc(N(C(=O)COc2ccccc2F)c2nc3ccccc3s2)c1. The van der Waals surface area contributed by atoms with Crippen LogP contribution in [0.2, 0.25) is 0 Å². The van der Waals surface area contributed by atoms with Crippen molar-refractivity contribution in [1.82, 2.24) is 4.98 Å². The molecule has 0 spiro atoms. The molecule has 0 aliphatic carbocycles. The van der Waals surface area contributed by atoms with E-state index in [2.05, 4.69) is 4.98 Å². The third kappa shape index (κ3) is 4.05. The van der Waals surface area contributed by atoms with Gasteiger partial charge in [0.05, 0.1) is 23.0 Å². The van der Waals surface area contributed by atoms with E-state index in [1.54, 1.807) is 43.5 Å². The highest BCUT2D eigenvalue weighted by Gasteiger charge is 2.23. The molecule has 0 atom stereocenters. The van der Waals surface area contributed by atoms with E-state index in [1.165, 1.54) is 28.4 Å². The van der Waals surface area contributed by atoms with Gasteiger partial charge in [-0.1, -0.05) is 41.7 Å². The predicted octanol–water partition coefficient (Wildman–Crippen LogP) is 5.19. The van der Waals surface area contributed by atoms with Crippen molar-refractivity contribution in [2.45, 2.75) is 0 Å². The van der Waals surface area contributed by atoms with Crippen LogP contribution < -0.4 is 14.4 Å². The van der Waals surface area contributed by atoms with Gasteiger partial charge < -0.3 is 9.47 Å². The van der Waals surface area contributed by atoms with Crippen molar-refractivity contribution in [2.75, 3.05) is 18.6 Å². The summed E-state index contributed by atoms with van der Waals surface area (Å²) in [6.07, 6.45) is 0. The van der Waals surface area contributed by atoms with Crippen LogP contribution in [0, 0.1) is 5.82 Å².